The minimum absolute atomic E-state index is 0.0831. The molecular formula is C38H45Cl2N9O3. The zero-order valence-corrected chi connectivity index (χ0v) is 31.2. The Kier molecular flexibility index (Phi) is 10.8. The standard InChI is InChI=1S/C38H45Cl2N9O3/c1-45-20-22-48(23-21-45)42-36(51)38(28-6-4-3-5-7-28)14-17-46(18-15-38)16-12-37(29-8-10-32(39)33(40)24-29)13-19-47(26-37)35(50)31-25-30(9-11-34(31)52-2)49-27-41-43-44-49/h3-11,24-25,27H,12-23,26H2,1-2H3,(H,42,51). The first-order chi connectivity index (χ1) is 25.2. The van der Waals surface area contributed by atoms with Gasteiger partial charge in [0.2, 0.25) is 5.91 Å². The summed E-state index contributed by atoms with van der Waals surface area (Å²) < 4.78 is 7.14. The molecule has 3 aromatic carbocycles. The van der Waals surface area contributed by atoms with E-state index in [-0.39, 0.29) is 17.2 Å². The minimum Gasteiger partial charge on any atom is -0.496 e. The molecule has 3 aliphatic heterocycles. The number of amides is 2. The molecule has 7 rings (SSSR count). The van der Waals surface area contributed by atoms with Crippen molar-refractivity contribution < 1.29 is 14.3 Å². The highest BCUT2D eigenvalue weighted by atomic mass is 35.5. The second-order valence-electron chi connectivity index (χ2n) is 14.3. The molecule has 0 aliphatic carbocycles. The van der Waals surface area contributed by atoms with E-state index in [2.05, 4.69) is 54.9 Å². The summed E-state index contributed by atoms with van der Waals surface area (Å²) in [5.41, 5.74) is 5.59. The summed E-state index contributed by atoms with van der Waals surface area (Å²) in [6.07, 6.45) is 4.51. The lowest BCUT2D eigenvalue weighted by Crippen LogP contribution is -2.59. The number of likely N-dealkylation sites (N-methyl/N-ethyl adjacent to an activating group) is 1. The van der Waals surface area contributed by atoms with E-state index >= 15 is 0 Å². The van der Waals surface area contributed by atoms with Gasteiger partial charge < -0.3 is 19.4 Å². The van der Waals surface area contributed by atoms with Crippen molar-refractivity contribution in [2.24, 2.45) is 0 Å². The number of aromatic nitrogens is 4. The highest BCUT2D eigenvalue weighted by Gasteiger charge is 2.46. The third-order valence-corrected chi connectivity index (χ3v) is 12.1. The minimum atomic E-state index is -0.602. The van der Waals surface area contributed by atoms with Crippen LogP contribution in [0.5, 0.6) is 5.75 Å². The van der Waals surface area contributed by atoms with Gasteiger partial charge in [-0.3, -0.25) is 15.0 Å². The molecule has 1 atom stereocenters. The van der Waals surface area contributed by atoms with E-state index < -0.39 is 5.41 Å². The maximum atomic E-state index is 14.2. The van der Waals surface area contributed by atoms with Crippen molar-refractivity contribution in [3.63, 3.8) is 0 Å². The lowest BCUT2D eigenvalue weighted by molar-refractivity contribution is -0.134. The van der Waals surface area contributed by atoms with E-state index in [0.29, 0.717) is 40.1 Å². The Bertz CT molecular complexity index is 1860. The predicted molar refractivity (Wildman–Crippen MR) is 200 cm³/mol. The Labute approximate surface area is 314 Å². The summed E-state index contributed by atoms with van der Waals surface area (Å²) in [4.78, 5) is 35.0. The van der Waals surface area contributed by atoms with Gasteiger partial charge in [-0.25, -0.2) is 9.69 Å². The summed E-state index contributed by atoms with van der Waals surface area (Å²) in [5, 5.41) is 14.5. The van der Waals surface area contributed by atoms with Gasteiger partial charge in [0, 0.05) is 44.7 Å². The van der Waals surface area contributed by atoms with Gasteiger partial charge in [-0.2, -0.15) is 0 Å². The fourth-order valence-corrected chi connectivity index (χ4v) is 8.31. The van der Waals surface area contributed by atoms with Crippen molar-refractivity contribution in [2.75, 3.05) is 73.1 Å². The molecule has 52 heavy (non-hydrogen) atoms. The third-order valence-electron chi connectivity index (χ3n) is 11.3. The monoisotopic (exact) mass is 745 g/mol. The molecule has 1 unspecified atom stereocenters. The summed E-state index contributed by atoms with van der Waals surface area (Å²) in [6, 6.07) is 21.4. The first-order valence-corrected chi connectivity index (χ1v) is 18.6. The number of piperazine rings is 1. The van der Waals surface area contributed by atoms with Crippen LogP contribution < -0.4 is 10.2 Å². The van der Waals surface area contributed by atoms with E-state index in [1.807, 2.05) is 47.4 Å². The Hall–Kier alpha value is -4.07. The van der Waals surface area contributed by atoms with E-state index in [1.54, 1.807) is 19.2 Å². The normalized spacial score (nSPS) is 21.3. The molecule has 3 fully saturated rings. The molecule has 12 nitrogen and oxygen atoms in total. The Morgan fingerprint density at radius 3 is 2.33 bits per heavy atom. The average Bonchev–Trinajstić information content (AvgIpc) is 3.88. The molecule has 4 aromatic rings. The van der Waals surface area contributed by atoms with Crippen LogP contribution >= 0.6 is 23.2 Å². The Morgan fingerprint density at radius 1 is 0.865 bits per heavy atom. The Balaban J connectivity index is 1.09. The van der Waals surface area contributed by atoms with Crippen LogP contribution in [0.4, 0.5) is 0 Å². The molecule has 0 bridgehead atoms. The smallest absolute Gasteiger partial charge is 0.257 e. The van der Waals surface area contributed by atoms with Crippen LogP contribution in [0.25, 0.3) is 5.69 Å². The molecule has 1 aromatic heterocycles. The fraction of sp³-hybridized carbons (Fsp3) is 0.447. The maximum Gasteiger partial charge on any atom is 0.257 e. The molecule has 3 saturated heterocycles. The van der Waals surface area contributed by atoms with Crippen molar-refractivity contribution in [1.29, 1.82) is 0 Å². The number of halogens is 2. The largest absolute Gasteiger partial charge is 0.496 e. The molecule has 4 heterocycles. The first kappa shape index (κ1) is 36.3. The van der Waals surface area contributed by atoms with Crippen molar-refractivity contribution in [1.82, 2.24) is 45.3 Å². The highest BCUT2D eigenvalue weighted by molar-refractivity contribution is 6.42. The van der Waals surface area contributed by atoms with Gasteiger partial charge in [-0.1, -0.05) is 59.6 Å². The molecule has 0 saturated carbocycles. The number of hydrogen-bond acceptors (Lipinski definition) is 9. The van der Waals surface area contributed by atoms with E-state index in [9.17, 15) is 9.59 Å². The van der Waals surface area contributed by atoms with E-state index in [4.69, 9.17) is 27.9 Å². The number of ether oxygens (including phenoxy) is 1. The zero-order chi connectivity index (χ0) is 36.3. The molecular weight excluding hydrogens is 701 g/mol. The number of carbonyl (C=O) groups is 2. The lowest BCUT2D eigenvalue weighted by atomic mass is 9.71. The number of carbonyl (C=O) groups excluding carboxylic acids is 2. The van der Waals surface area contributed by atoms with Gasteiger partial charge in [0.05, 0.1) is 33.8 Å². The van der Waals surface area contributed by atoms with Gasteiger partial charge in [-0.15, -0.1) is 5.10 Å². The molecule has 0 spiro atoms. The molecule has 0 radical (unpaired) electrons. The maximum absolute atomic E-state index is 14.2. The van der Waals surface area contributed by atoms with E-state index in [1.165, 1.54) is 11.0 Å². The summed E-state index contributed by atoms with van der Waals surface area (Å²) in [5.74, 6) is 0.450. The van der Waals surface area contributed by atoms with Crippen LogP contribution in [0.1, 0.15) is 47.2 Å². The SMILES string of the molecule is COc1ccc(-n2cnnn2)cc1C(=O)N1CCC(CCN2CCC(C(=O)NN3CCN(C)CC3)(c3ccccc3)CC2)(c2ccc(Cl)c(Cl)c2)C1. The molecule has 14 heteroatoms. The van der Waals surface area contributed by atoms with Crippen LogP contribution in [0, 0.1) is 0 Å². The number of benzene rings is 3. The van der Waals surface area contributed by atoms with Gasteiger partial charge in [0.1, 0.15) is 12.1 Å². The fourth-order valence-electron chi connectivity index (χ4n) is 8.01. The van der Waals surface area contributed by atoms with Crippen molar-refractivity contribution in [3.05, 3.63) is 99.8 Å². The van der Waals surface area contributed by atoms with Crippen molar-refractivity contribution in [2.45, 2.75) is 36.5 Å². The second kappa shape index (κ2) is 15.5. The molecule has 2 amide bonds. The zero-order valence-electron chi connectivity index (χ0n) is 29.7. The summed E-state index contributed by atoms with van der Waals surface area (Å²) in [7, 11) is 3.68. The topological polar surface area (TPSA) is 112 Å². The average molecular weight is 747 g/mol. The summed E-state index contributed by atoms with van der Waals surface area (Å²) in [6.45, 7) is 6.94. The second-order valence-corrected chi connectivity index (χ2v) is 15.1. The predicted octanol–water partition coefficient (Wildman–Crippen LogP) is 4.46. The van der Waals surface area contributed by atoms with Crippen LogP contribution in [-0.4, -0.2) is 125 Å². The molecule has 3 aliphatic rings. The van der Waals surface area contributed by atoms with Gasteiger partial charge >= 0.3 is 0 Å². The van der Waals surface area contributed by atoms with Gasteiger partial charge in [0.25, 0.3) is 5.91 Å². The number of rotatable bonds is 10. The van der Waals surface area contributed by atoms with Crippen molar-refractivity contribution >= 4 is 35.0 Å². The number of hydrazine groups is 1. The number of tetrazole rings is 1. The van der Waals surface area contributed by atoms with Gasteiger partial charge in [-0.05, 0) is 104 Å². The lowest BCUT2D eigenvalue weighted by Gasteiger charge is -2.43. The Morgan fingerprint density at radius 2 is 1.63 bits per heavy atom. The van der Waals surface area contributed by atoms with Crippen LogP contribution in [0.15, 0.2) is 73.1 Å². The quantitative estimate of drug-likeness (QED) is 0.252. The molecule has 1 N–H and O–H groups in total. The van der Waals surface area contributed by atoms with E-state index in [0.717, 1.165) is 82.6 Å². The number of nitrogens with zero attached hydrogens (tertiary/aromatic N) is 8. The number of methoxy groups -OCH3 is 1. The molecule has 274 valence electrons. The van der Waals surface area contributed by atoms with Crippen molar-refractivity contribution in [3.8, 4) is 11.4 Å². The third kappa shape index (κ3) is 7.40. The first-order valence-electron chi connectivity index (χ1n) is 17.9. The highest BCUT2D eigenvalue weighted by Crippen LogP contribution is 2.42. The van der Waals surface area contributed by atoms with Crippen LogP contribution in [-0.2, 0) is 15.6 Å². The number of nitrogens with one attached hydrogen (secondary N) is 1. The number of likely N-dealkylation sites (tertiary alicyclic amines) is 2. The number of hydrogen-bond donors (Lipinski definition) is 1. The number of piperidine rings is 1. The summed E-state index contributed by atoms with van der Waals surface area (Å²) >= 11 is 13.0. The van der Waals surface area contributed by atoms with Crippen LogP contribution in [0.2, 0.25) is 10.0 Å². The van der Waals surface area contributed by atoms with Gasteiger partial charge in [0.15, 0.2) is 0 Å². The van der Waals surface area contributed by atoms with Crippen LogP contribution in [0.3, 0.4) is 0 Å².